The van der Waals surface area contributed by atoms with Crippen LogP contribution in [0.1, 0.15) is 53.4 Å². The Morgan fingerprint density at radius 2 is 1.62 bits per heavy atom. The number of hydrogen-bond acceptors (Lipinski definition) is 3. The molecule has 0 saturated carbocycles. The average Bonchev–Trinajstić information content (AvgIpc) is 2.73. The first-order valence-electron chi connectivity index (χ1n) is 10.7. The number of aryl methyl sites for hydroxylation is 2. The summed E-state index contributed by atoms with van der Waals surface area (Å²) in [5.41, 5.74) is 3.34. The van der Waals surface area contributed by atoms with Crippen molar-refractivity contribution in [2.45, 2.75) is 45.1 Å². The van der Waals surface area contributed by atoms with E-state index in [-0.39, 0.29) is 16.8 Å². The van der Waals surface area contributed by atoms with E-state index in [1.807, 2.05) is 43.3 Å². The average molecular weight is 451 g/mol. The van der Waals surface area contributed by atoms with Crippen LogP contribution in [-0.4, -0.2) is 14.3 Å². The van der Waals surface area contributed by atoms with Crippen molar-refractivity contribution >= 4 is 21.6 Å². The van der Waals surface area contributed by atoms with Crippen LogP contribution in [0.25, 0.3) is 0 Å². The van der Waals surface area contributed by atoms with E-state index in [0.717, 1.165) is 17.5 Å². The summed E-state index contributed by atoms with van der Waals surface area (Å²) in [4.78, 5) is 13.2. The molecule has 3 aromatic carbocycles. The maximum atomic E-state index is 13.1. The summed E-state index contributed by atoms with van der Waals surface area (Å²) in [5.74, 6) is 0.0829. The zero-order valence-electron chi connectivity index (χ0n) is 18.9. The molecule has 3 rings (SSSR count). The Kier molecular flexibility index (Phi) is 7.36. The third-order valence-electron chi connectivity index (χ3n) is 5.22. The van der Waals surface area contributed by atoms with Crippen LogP contribution in [0.4, 0.5) is 5.69 Å². The van der Waals surface area contributed by atoms with Crippen LogP contribution in [0.3, 0.4) is 0 Å². The Bertz CT molecular complexity index is 1190. The van der Waals surface area contributed by atoms with Gasteiger partial charge in [0.05, 0.1) is 10.9 Å². The first-order valence-corrected chi connectivity index (χ1v) is 12.2. The van der Waals surface area contributed by atoms with Gasteiger partial charge in [0.1, 0.15) is 0 Å². The topological polar surface area (TPSA) is 75.3 Å². The Balaban J connectivity index is 1.87. The zero-order valence-corrected chi connectivity index (χ0v) is 19.7. The third-order valence-corrected chi connectivity index (χ3v) is 6.75. The minimum atomic E-state index is -3.85. The second-order valence-corrected chi connectivity index (χ2v) is 10.2. The van der Waals surface area contributed by atoms with Gasteiger partial charge < -0.3 is 5.32 Å². The summed E-state index contributed by atoms with van der Waals surface area (Å²) in [5, 5.41) is 3.08. The highest BCUT2D eigenvalue weighted by Crippen LogP contribution is 2.24. The molecule has 32 heavy (non-hydrogen) atoms. The van der Waals surface area contributed by atoms with Gasteiger partial charge in [-0.25, -0.2) is 8.42 Å². The molecule has 0 aliphatic heterocycles. The highest BCUT2D eigenvalue weighted by molar-refractivity contribution is 7.92. The van der Waals surface area contributed by atoms with E-state index in [0.29, 0.717) is 22.7 Å². The van der Waals surface area contributed by atoms with E-state index >= 15 is 0 Å². The van der Waals surface area contributed by atoms with Crippen LogP contribution in [-0.2, 0) is 10.0 Å². The molecule has 6 heteroatoms. The molecule has 1 amide bonds. The molecule has 0 aliphatic rings. The molecule has 0 aromatic heterocycles. The number of sulfonamides is 1. The zero-order chi connectivity index (χ0) is 23.3. The third kappa shape index (κ3) is 5.98. The van der Waals surface area contributed by atoms with Crippen LogP contribution >= 0.6 is 0 Å². The van der Waals surface area contributed by atoms with E-state index in [9.17, 15) is 13.2 Å². The van der Waals surface area contributed by atoms with Crippen molar-refractivity contribution in [1.29, 1.82) is 0 Å². The molecule has 0 radical (unpaired) electrons. The highest BCUT2D eigenvalue weighted by atomic mass is 32.2. The minimum Gasteiger partial charge on any atom is -0.345 e. The van der Waals surface area contributed by atoms with Gasteiger partial charge in [-0.15, -0.1) is 0 Å². The predicted molar refractivity (Wildman–Crippen MR) is 129 cm³/mol. The monoisotopic (exact) mass is 450 g/mol. The first kappa shape index (κ1) is 23.5. The molecule has 0 aliphatic carbocycles. The molecule has 168 valence electrons. The summed E-state index contributed by atoms with van der Waals surface area (Å²) < 4.78 is 28.7. The second kappa shape index (κ2) is 10.0. The summed E-state index contributed by atoms with van der Waals surface area (Å²) in [6.07, 6.45) is 0.779. The Hall–Kier alpha value is -3.12. The van der Waals surface area contributed by atoms with Crippen LogP contribution in [0.5, 0.6) is 0 Å². The van der Waals surface area contributed by atoms with Gasteiger partial charge in [-0.2, -0.15) is 0 Å². The van der Waals surface area contributed by atoms with Gasteiger partial charge in [-0.05, 0) is 67.1 Å². The fraction of sp³-hybridized carbons (Fsp3) is 0.269. The van der Waals surface area contributed by atoms with E-state index in [1.165, 1.54) is 6.07 Å². The van der Waals surface area contributed by atoms with Crippen molar-refractivity contribution in [1.82, 2.24) is 5.32 Å². The number of benzene rings is 3. The van der Waals surface area contributed by atoms with Gasteiger partial charge in [-0.3, -0.25) is 9.52 Å². The maximum Gasteiger partial charge on any atom is 0.262 e. The van der Waals surface area contributed by atoms with Gasteiger partial charge in [0, 0.05) is 11.3 Å². The molecule has 2 N–H and O–H groups in total. The van der Waals surface area contributed by atoms with Crippen molar-refractivity contribution in [3.05, 3.63) is 95.1 Å². The van der Waals surface area contributed by atoms with Crippen LogP contribution in [0.15, 0.2) is 77.7 Å². The highest BCUT2D eigenvalue weighted by Gasteiger charge is 2.22. The van der Waals surface area contributed by atoms with Crippen LogP contribution in [0.2, 0.25) is 0 Å². The molecular formula is C26H30N2O3S. The normalized spacial score (nSPS) is 12.4. The summed E-state index contributed by atoms with van der Waals surface area (Å²) >= 11 is 0. The number of carbonyl (C=O) groups is 1. The van der Waals surface area contributed by atoms with Crippen molar-refractivity contribution in [3.63, 3.8) is 0 Å². The number of carbonyl (C=O) groups excluding carboxylic acids is 1. The molecule has 0 heterocycles. The molecule has 1 atom stereocenters. The van der Waals surface area contributed by atoms with Gasteiger partial charge >= 0.3 is 0 Å². The van der Waals surface area contributed by atoms with Crippen molar-refractivity contribution in [3.8, 4) is 0 Å². The summed E-state index contributed by atoms with van der Waals surface area (Å²) in [7, 11) is -3.85. The molecule has 0 unspecified atom stereocenters. The van der Waals surface area contributed by atoms with E-state index < -0.39 is 10.0 Å². The van der Waals surface area contributed by atoms with E-state index in [2.05, 4.69) is 23.9 Å². The SMILES string of the molecule is Cc1cccc(NS(=O)(=O)c2cc(C(=O)N[C@@H](CC(C)C)c3ccccc3)ccc2C)c1. The predicted octanol–water partition coefficient (Wildman–Crippen LogP) is 5.62. The maximum absolute atomic E-state index is 13.1. The quantitative estimate of drug-likeness (QED) is 0.468. The summed E-state index contributed by atoms with van der Waals surface area (Å²) in [6, 6.07) is 21.6. The molecule has 0 fully saturated rings. The Morgan fingerprint density at radius 1 is 0.906 bits per heavy atom. The lowest BCUT2D eigenvalue weighted by Crippen LogP contribution is -2.29. The number of amides is 1. The first-order chi connectivity index (χ1) is 15.2. The molecule has 5 nitrogen and oxygen atoms in total. The number of anilines is 1. The summed E-state index contributed by atoms with van der Waals surface area (Å²) in [6.45, 7) is 7.83. The Morgan fingerprint density at radius 3 is 2.28 bits per heavy atom. The lowest BCUT2D eigenvalue weighted by atomic mass is 9.96. The second-order valence-electron chi connectivity index (χ2n) is 8.52. The van der Waals surface area contributed by atoms with E-state index in [1.54, 1.807) is 37.3 Å². The van der Waals surface area contributed by atoms with Gasteiger partial charge in [0.2, 0.25) is 0 Å². The van der Waals surface area contributed by atoms with Gasteiger partial charge in [0.15, 0.2) is 0 Å². The van der Waals surface area contributed by atoms with Gasteiger partial charge in [0.25, 0.3) is 15.9 Å². The number of rotatable bonds is 8. The minimum absolute atomic E-state index is 0.0896. The lowest BCUT2D eigenvalue weighted by molar-refractivity contribution is 0.0931. The van der Waals surface area contributed by atoms with E-state index in [4.69, 9.17) is 0 Å². The van der Waals surface area contributed by atoms with Crippen molar-refractivity contribution in [2.75, 3.05) is 4.72 Å². The fourth-order valence-corrected chi connectivity index (χ4v) is 4.95. The molecule has 0 saturated heterocycles. The molecule has 0 spiro atoms. The van der Waals surface area contributed by atoms with Crippen LogP contribution < -0.4 is 10.0 Å². The molecule has 3 aromatic rings. The Labute approximate surface area is 190 Å². The van der Waals surface area contributed by atoms with Crippen molar-refractivity contribution in [2.24, 2.45) is 5.92 Å². The van der Waals surface area contributed by atoms with Crippen molar-refractivity contribution < 1.29 is 13.2 Å². The van der Waals surface area contributed by atoms with Crippen LogP contribution in [0, 0.1) is 19.8 Å². The number of nitrogens with one attached hydrogen (secondary N) is 2. The smallest absolute Gasteiger partial charge is 0.262 e. The largest absolute Gasteiger partial charge is 0.345 e. The molecule has 0 bridgehead atoms. The lowest BCUT2D eigenvalue weighted by Gasteiger charge is -2.21. The number of hydrogen-bond donors (Lipinski definition) is 2. The van der Waals surface area contributed by atoms with Gasteiger partial charge in [-0.1, -0.05) is 62.4 Å². The fourth-order valence-electron chi connectivity index (χ4n) is 3.63. The standard InChI is InChI=1S/C26H30N2O3S/c1-18(2)15-24(21-10-6-5-7-11-21)27-26(29)22-14-13-20(4)25(17-22)32(30,31)28-23-12-8-9-19(3)16-23/h5-14,16-18,24,28H,15H2,1-4H3,(H,27,29)/t24-/m0/s1. The molecular weight excluding hydrogens is 420 g/mol.